The van der Waals surface area contributed by atoms with Crippen molar-refractivity contribution in [3.63, 3.8) is 0 Å². The molecule has 0 fully saturated rings. The van der Waals surface area contributed by atoms with E-state index in [0.717, 1.165) is 5.69 Å². The van der Waals surface area contributed by atoms with Crippen molar-refractivity contribution in [2.75, 3.05) is 18.6 Å². The highest BCUT2D eigenvalue weighted by Crippen LogP contribution is 2.24. The lowest BCUT2D eigenvalue weighted by Crippen LogP contribution is -2.43. The van der Waals surface area contributed by atoms with Crippen molar-refractivity contribution < 1.29 is 14.5 Å². The molecule has 0 radical (unpaired) electrons. The van der Waals surface area contributed by atoms with E-state index < -0.39 is 4.92 Å². The summed E-state index contributed by atoms with van der Waals surface area (Å²) in [7, 11) is 1.58. The minimum atomic E-state index is -0.460. The van der Waals surface area contributed by atoms with E-state index in [2.05, 4.69) is 5.32 Å². The summed E-state index contributed by atoms with van der Waals surface area (Å²) >= 11 is 0. The van der Waals surface area contributed by atoms with Crippen LogP contribution in [0.1, 0.15) is 5.56 Å². The highest BCUT2D eigenvalue weighted by molar-refractivity contribution is 6.00. The van der Waals surface area contributed by atoms with Crippen LogP contribution in [0.3, 0.4) is 0 Å². The monoisotopic (exact) mass is 325 g/mol. The quantitative estimate of drug-likeness (QED) is 0.691. The van der Waals surface area contributed by atoms with Gasteiger partial charge in [0.05, 0.1) is 12.0 Å². The second-order valence-electron chi connectivity index (χ2n) is 5.16. The molecule has 2 amide bonds. The van der Waals surface area contributed by atoms with Gasteiger partial charge < -0.3 is 10.1 Å². The van der Waals surface area contributed by atoms with Gasteiger partial charge in [0, 0.05) is 35.6 Å². The fourth-order valence-electron chi connectivity index (χ4n) is 2.46. The maximum atomic E-state index is 12.4. The Morgan fingerprint density at radius 1 is 1.21 bits per heavy atom. The van der Waals surface area contributed by atoms with Gasteiger partial charge in [-0.25, -0.2) is 4.79 Å². The first-order valence-electron chi connectivity index (χ1n) is 7.26. The van der Waals surface area contributed by atoms with Crippen molar-refractivity contribution in [2.45, 2.75) is 0 Å². The van der Waals surface area contributed by atoms with Crippen LogP contribution in [0.15, 0.2) is 54.6 Å². The van der Waals surface area contributed by atoms with Crippen molar-refractivity contribution in [1.82, 2.24) is 5.32 Å². The Balaban J connectivity index is 1.83. The summed E-state index contributed by atoms with van der Waals surface area (Å²) < 4.78 is 5.10. The molecule has 0 atom stereocenters. The molecule has 0 saturated carbocycles. The van der Waals surface area contributed by atoms with Gasteiger partial charge in [0.2, 0.25) is 0 Å². The molecule has 1 aliphatic rings. The highest BCUT2D eigenvalue weighted by Gasteiger charge is 2.22. The van der Waals surface area contributed by atoms with Crippen LogP contribution in [0, 0.1) is 10.1 Å². The van der Waals surface area contributed by atoms with Gasteiger partial charge in [-0.15, -0.1) is 0 Å². The summed E-state index contributed by atoms with van der Waals surface area (Å²) in [5, 5.41) is 13.6. The highest BCUT2D eigenvalue weighted by atomic mass is 16.6. The van der Waals surface area contributed by atoms with E-state index in [1.54, 1.807) is 48.4 Å². The van der Waals surface area contributed by atoms with E-state index in [-0.39, 0.29) is 11.7 Å². The van der Waals surface area contributed by atoms with Crippen molar-refractivity contribution >= 4 is 23.1 Å². The number of carbonyl (C=O) groups excluding carboxylic acids is 1. The second kappa shape index (κ2) is 6.41. The molecule has 2 aromatic rings. The SMILES string of the molecule is COc1ccc(N2CC=C(c3cccc([N+](=O)[O-])c3)NC2=O)cc1. The molecular weight excluding hydrogens is 310 g/mol. The van der Waals surface area contributed by atoms with Gasteiger partial charge in [-0.05, 0) is 30.3 Å². The summed E-state index contributed by atoms with van der Waals surface area (Å²) in [4.78, 5) is 24.3. The number of hydrogen-bond acceptors (Lipinski definition) is 4. The lowest BCUT2D eigenvalue weighted by Gasteiger charge is -2.27. The Morgan fingerprint density at radius 2 is 1.96 bits per heavy atom. The number of anilines is 1. The number of hydrogen-bond donors (Lipinski definition) is 1. The smallest absolute Gasteiger partial charge is 0.326 e. The van der Waals surface area contributed by atoms with Crippen LogP contribution >= 0.6 is 0 Å². The van der Waals surface area contributed by atoms with Crippen LogP contribution in [-0.4, -0.2) is 24.6 Å². The van der Waals surface area contributed by atoms with Crippen LogP contribution in [0.2, 0.25) is 0 Å². The van der Waals surface area contributed by atoms with E-state index in [1.807, 2.05) is 6.08 Å². The second-order valence-corrected chi connectivity index (χ2v) is 5.16. The van der Waals surface area contributed by atoms with E-state index >= 15 is 0 Å². The maximum Gasteiger partial charge on any atom is 0.326 e. The molecule has 0 bridgehead atoms. The molecule has 1 heterocycles. The Labute approximate surface area is 138 Å². The molecule has 7 heteroatoms. The van der Waals surface area contributed by atoms with Crippen LogP contribution in [0.5, 0.6) is 5.75 Å². The minimum Gasteiger partial charge on any atom is -0.497 e. The Morgan fingerprint density at radius 3 is 2.58 bits per heavy atom. The summed E-state index contributed by atoms with van der Waals surface area (Å²) in [6, 6.07) is 13.0. The summed E-state index contributed by atoms with van der Waals surface area (Å²) in [6.07, 6.45) is 1.82. The third kappa shape index (κ3) is 3.05. The lowest BCUT2D eigenvalue weighted by molar-refractivity contribution is -0.384. The number of rotatable bonds is 4. The van der Waals surface area contributed by atoms with E-state index in [4.69, 9.17) is 4.74 Å². The number of nitrogens with one attached hydrogen (secondary N) is 1. The number of urea groups is 1. The first-order valence-corrected chi connectivity index (χ1v) is 7.26. The number of ether oxygens (including phenoxy) is 1. The van der Waals surface area contributed by atoms with Gasteiger partial charge in [-0.3, -0.25) is 15.0 Å². The fraction of sp³-hybridized carbons (Fsp3) is 0.118. The van der Waals surface area contributed by atoms with E-state index in [1.165, 1.54) is 12.1 Å². The number of nitro groups is 1. The molecule has 24 heavy (non-hydrogen) atoms. The summed E-state index contributed by atoms with van der Waals surface area (Å²) in [6.45, 7) is 0.371. The predicted octanol–water partition coefficient (Wildman–Crippen LogP) is 3.17. The third-order valence-electron chi connectivity index (χ3n) is 3.72. The number of nitro benzene ring substituents is 1. The zero-order valence-corrected chi connectivity index (χ0v) is 12.9. The van der Waals surface area contributed by atoms with Gasteiger partial charge in [0.25, 0.3) is 5.69 Å². The molecule has 0 aromatic heterocycles. The number of benzene rings is 2. The lowest BCUT2D eigenvalue weighted by atomic mass is 10.1. The van der Waals surface area contributed by atoms with Crippen LogP contribution < -0.4 is 15.0 Å². The molecule has 122 valence electrons. The molecule has 7 nitrogen and oxygen atoms in total. The average molecular weight is 325 g/mol. The molecule has 3 rings (SSSR count). The predicted molar refractivity (Wildman–Crippen MR) is 89.9 cm³/mol. The fourth-order valence-corrected chi connectivity index (χ4v) is 2.46. The number of methoxy groups -OCH3 is 1. The third-order valence-corrected chi connectivity index (χ3v) is 3.72. The Bertz CT molecular complexity index is 815. The summed E-state index contributed by atoms with van der Waals surface area (Å²) in [5.41, 5.74) is 1.89. The molecule has 2 aromatic carbocycles. The zero-order chi connectivity index (χ0) is 17.1. The topological polar surface area (TPSA) is 84.7 Å². The number of non-ortho nitro benzene ring substituents is 1. The van der Waals surface area contributed by atoms with Gasteiger partial charge >= 0.3 is 6.03 Å². The number of carbonyl (C=O) groups is 1. The molecule has 1 N–H and O–H groups in total. The van der Waals surface area contributed by atoms with Gasteiger partial charge in [-0.2, -0.15) is 0 Å². The minimum absolute atomic E-state index is 0.0137. The van der Waals surface area contributed by atoms with Crippen LogP contribution in [-0.2, 0) is 0 Å². The zero-order valence-electron chi connectivity index (χ0n) is 12.9. The standard InChI is InChI=1S/C17H15N3O4/c1-24-15-7-5-13(6-8-15)19-10-9-16(18-17(19)21)12-3-2-4-14(11-12)20(22)23/h2-9,11H,10H2,1H3,(H,18,21). The number of amides is 2. The van der Waals surface area contributed by atoms with Gasteiger partial charge in [-0.1, -0.05) is 12.1 Å². The van der Waals surface area contributed by atoms with Gasteiger partial charge in [0.1, 0.15) is 5.75 Å². The maximum absolute atomic E-state index is 12.4. The molecule has 1 aliphatic heterocycles. The molecule has 0 unspecified atom stereocenters. The van der Waals surface area contributed by atoms with Gasteiger partial charge in [0.15, 0.2) is 0 Å². The molecule has 0 aliphatic carbocycles. The largest absolute Gasteiger partial charge is 0.497 e. The Kier molecular flexibility index (Phi) is 4.15. The summed E-state index contributed by atoms with van der Waals surface area (Å²) in [5.74, 6) is 0.712. The van der Waals surface area contributed by atoms with E-state index in [9.17, 15) is 14.9 Å². The van der Waals surface area contributed by atoms with Crippen molar-refractivity contribution in [2.24, 2.45) is 0 Å². The van der Waals surface area contributed by atoms with Crippen molar-refractivity contribution in [3.05, 3.63) is 70.3 Å². The van der Waals surface area contributed by atoms with E-state index in [0.29, 0.717) is 23.6 Å². The first kappa shape index (κ1) is 15.5. The normalized spacial score (nSPS) is 14.0. The average Bonchev–Trinajstić information content (AvgIpc) is 2.62. The Hall–Kier alpha value is -3.35. The van der Waals surface area contributed by atoms with Crippen molar-refractivity contribution in [1.29, 1.82) is 0 Å². The molecular formula is C17H15N3O4. The van der Waals surface area contributed by atoms with Crippen molar-refractivity contribution in [3.8, 4) is 5.75 Å². The number of nitrogens with zero attached hydrogens (tertiary/aromatic N) is 2. The first-order chi connectivity index (χ1) is 11.6. The molecule has 0 saturated heterocycles. The van der Waals surface area contributed by atoms with Crippen LogP contribution in [0.25, 0.3) is 5.70 Å². The molecule has 0 spiro atoms. The van der Waals surface area contributed by atoms with Crippen LogP contribution in [0.4, 0.5) is 16.2 Å².